The van der Waals surface area contributed by atoms with E-state index in [-0.39, 0.29) is 16.8 Å². The van der Waals surface area contributed by atoms with Crippen molar-refractivity contribution in [1.29, 1.82) is 0 Å². The summed E-state index contributed by atoms with van der Waals surface area (Å²) in [6.45, 7) is 0. The Morgan fingerprint density at radius 3 is 2.50 bits per heavy atom. The van der Waals surface area contributed by atoms with Gasteiger partial charge in [-0.2, -0.15) is 5.10 Å². The monoisotopic (exact) mass is 399 g/mol. The highest BCUT2D eigenvalue weighted by atomic mass is 32.2. The van der Waals surface area contributed by atoms with E-state index < -0.39 is 10.0 Å². The number of carbonyl (C=O) groups is 1. The lowest BCUT2D eigenvalue weighted by Gasteiger charge is -2.13. The van der Waals surface area contributed by atoms with Gasteiger partial charge in [-0.1, -0.05) is 12.1 Å². The molecule has 0 fully saturated rings. The second-order valence-corrected chi connectivity index (χ2v) is 8.69. The van der Waals surface area contributed by atoms with Crippen molar-refractivity contribution < 1.29 is 17.9 Å². The van der Waals surface area contributed by atoms with Crippen LogP contribution >= 0.6 is 0 Å². The number of methoxy groups -OCH3 is 1. The number of benzene rings is 2. The van der Waals surface area contributed by atoms with E-state index in [1.807, 2.05) is 18.2 Å². The minimum Gasteiger partial charge on any atom is -0.497 e. The lowest BCUT2D eigenvalue weighted by atomic mass is 10.00. The predicted molar refractivity (Wildman–Crippen MR) is 105 cm³/mol. The highest BCUT2D eigenvalue weighted by molar-refractivity contribution is 7.89. The van der Waals surface area contributed by atoms with Crippen molar-refractivity contribution >= 4 is 21.6 Å². The minimum absolute atomic E-state index is 0.0714. The Labute approximate surface area is 163 Å². The molecule has 2 aromatic carbocycles. The molecule has 2 aliphatic rings. The van der Waals surface area contributed by atoms with Crippen molar-refractivity contribution in [3.63, 3.8) is 0 Å². The molecule has 0 saturated heterocycles. The highest BCUT2D eigenvalue weighted by Gasteiger charge is 2.27. The fraction of sp³-hybridized carbons (Fsp3) is 0.300. The number of carbonyl (C=O) groups excluding carboxylic acids is 1. The van der Waals surface area contributed by atoms with Crippen LogP contribution in [0.15, 0.2) is 52.5 Å². The quantitative estimate of drug-likeness (QED) is 0.801. The molecule has 0 aromatic heterocycles. The Balaban J connectivity index is 1.48. The van der Waals surface area contributed by atoms with Gasteiger partial charge in [0.2, 0.25) is 15.9 Å². The van der Waals surface area contributed by atoms with E-state index in [0.717, 1.165) is 22.4 Å². The molecule has 1 unspecified atom stereocenters. The molecule has 1 heterocycles. The Morgan fingerprint density at radius 2 is 1.82 bits per heavy atom. The Kier molecular flexibility index (Phi) is 4.91. The standard InChI is InChI=1S/C20H21N3O4S/c1-27-17-4-6-18(7-5-17)28(25,26)23-16-11-13-2-3-14(10-15(13)12-16)19-8-9-20(24)22-21-19/h2-7,10,16,23H,8-9,11-12H2,1H3,(H,22,24). The summed E-state index contributed by atoms with van der Waals surface area (Å²) in [7, 11) is -2.06. The first-order chi connectivity index (χ1) is 13.4. The molecule has 8 heteroatoms. The molecule has 2 aromatic rings. The van der Waals surface area contributed by atoms with Crippen LogP contribution in [0.2, 0.25) is 0 Å². The van der Waals surface area contributed by atoms with Crippen molar-refractivity contribution in [2.24, 2.45) is 5.10 Å². The summed E-state index contributed by atoms with van der Waals surface area (Å²) >= 11 is 0. The molecule has 4 rings (SSSR count). The third kappa shape index (κ3) is 3.79. The molecule has 1 aliphatic heterocycles. The minimum atomic E-state index is -3.60. The number of rotatable bonds is 5. The topological polar surface area (TPSA) is 96.9 Å². The van der Waals surface area contributed by atoms with E-state index in [0.29, 0.717) is 31.4 Å². The molecule has 0 radical (unpaired) electrons. The Hall–Kier alpha value is -2.71. The lowest BCUT2D eigenvalue weighted by Crippen LogP contribution is -2.35. The molecule has 1 atom stereocenters. The number of hydrazone groups is 1. The third-order valence-corrected chi connectivity index (χ3v) is 6.60. The van der Waals surface area contributed by atoms with E-state index >= 15 is 0 Å². The van der Waals surface area contributed by atoms with Gasteiger partial charge in [-0.15, -0.1) is 0 Å². The van der Waals surface area contributed by atoms with Gasteiger partial charge in [0.05, 0.1) is 17.7 Å². The molecule has 0 bridgehead atoms. The summed E-state index contributed by atoms with van der Waals surface area (Å²) in [5.41, 5.74) is 6.58. The molecular weight excluding hydrogens is 378 g/mol. The van der Waals surface area contributed by atoms with Crippen LogP contribution in [0, 0.1) is 0 Å². The first-order valence-corrected chi connectivity index (χ1v) is 10.6. The third-order valence-electron chi connectivity index (χ3n) is 5.07. The van der Waals surface area contributed by atoms with Gasteiger partial charge < -0.3 is 4.74 Å². The number of hydrogen-bond acceptors (Lipinski definition) is 5. The maximum Gasteiger partial charge on any atom is 0.240 e. The molecule has 28 heavy (non-hydrogen) atoms. The summed E-state index contributed by atoms with van der Waals surface area (Å²) < 4.78 is 33.2. The molecule has 7 nitrogen and oxygen atoms in total. The highest BCUT2D eigenvalue weighted by Crippen LogP contribution is 2.26. The predicted octanol–water partition coefficient (Wildman–Crippen LogP) is 1.75. The first-order valence-electron chi connectivity index (χ1n) is 9.08. The molecule has 1 aliphatic carbocycles. The van der Waals surface area contributed by atoms with Crippen LogP contribution in [0.4, 0.5) is 0 Å². The van der Waals surface area contributed by atoms with Gasteiger partial charge in [0.1, 0.15) is 5.75 Å². The number of hydrogen-bond donors (Lipinski definition) is 2. The Bertz CT molecular complexity index is 1050. The number of amides is 1. The maximum absolute atomic E-state index is 12.7. The van der Waals surface area contributed by atoms with Crippen molar-refractivity contribution in [2.75, 3.05) is 7.11 Å². The summed E-state index contributed by atoms with van der Waals surface area (Å²) in [6, 6.07) is 12.2. The molecule has 0 spiro atoms. The lowest BCUT2D eigenvalue weighted by molar-refractivity contribution is -0.121. The van der Waals surface area contributed by atoms with Gasteiger partial charge >= 0.3 is 0 Å². The number of nitrogens with one attached hydrogen (secondary N) is 2. The van der Waals surface area contributed by atoms with Gasteiger partial charge in [0.15, 0.2) is 0 Å². The fourth-order valence-electron chi connectivity index (χ4n) is 3.61. The van der Waals surface area contributed by atoms with E-state index in [1.165, 1.54) is 12.1 Å². The summed E-state index contributed by atoms with van der Waals surface area (Å²) in [4.78, 5) is 11.5. The normalized spacial score (nSPS) is 19.0. The van der Waals surface area contributed by atoms with Gasteiger partial charge in [-0.25, -0.2) is 18.6 Å². The van der Waals surface area contributed by atoms with E-state index in [2.05, 4.69) is 15.2 Å². The van der Waals surface area contributed by atoms with Crippen LogP contribution in [0.5, 0.6) is 5.75 Å². The summed E-state index contributed by atoms with van der Waals surface area (Å²) in [5.74, 6) is 0.541. The second-order valence-electron chi connectivity index (χ2n) is 6.98. The molecule has 146 valence electrons. The fourth-order valence-corrected chi connectivity index (χ4v) is 4.84. The zero-order chi connectivity index (χ0) is 19.7. The Morgan fingerprint density at radius 1 is 1.07 bits per heavy atom. The average molecular weight is 399 g/mol. The van der Waals surface area contributed by atoms with Gasteiger partial charge in [-0.05, 0) is 59.9 Å². The molecular formula is C20H21N3O4S. The SMILES string of the molecule is COc1ccc(S(=O)(=O)NC2Cc3ccc(C4=NNC(=O)CC4)cc3C2)cc1. The van der Waals surface area contributed by atoms with Crippen LogP contribution in [0.1, 0.15) is 29.5 Å². The van der Waals surface area contributed by atoms with Crippen LogP contribution in [0.25, 0.3) is 0 Å². The zero-order valence-electron chi connectivity index (χ0n) is 15.4. The largest absolute Gasteiger partial charge is 0.497 e. The molecule has 2 N–H and O–H groups in total. The van der Waals surface area contributed by atoms with Crippen molar-refractivity contribution in [1.82, 2.24) is 10.1 Å². The summed E-state index contributed by atoms with van der Waals surface area (Å²) in [6.07, 6.45) is 2.31. The van der Waals surface area contributed by atoms with E-state index in [9.17, 15) is 13.2 Å². The number of ether oxygens (including phenoxy) is 1. The first kappa shape index (κ1) is 18.6. The number of fused-ring (bicyclic) bond motifs is 1. The van der Waals surface area contributed by atoms with E-state index in [1.54, 1.807) is 19.2 Å². The van der Waals surface area contributed by atoms with Gasteiger partial charge in [-0.3, -0.25) is 4.79 Å². The average Bonchev–Trinajstić information content (AvgIpc) is 3.09. The van der Waals surface area contributed by atoms with Crippen LogP contribution in [0.3, 0.4) is 0 Å². The van der Waals surface area contributed by atoms with Crippen molar-refractivity contribution in [3.8, 4) is 5.75 Å². The van der Waals surface area contributed by atoms with Crippen LogP contribution in [-0.2, 0) is 27.7 Å². The zero-order valence-corrected chi connectivity index (χ0v) is 16.3. The molecule has 1 amide bonds. The van der Waals surface area contributed by atoms with Gasteiger partial charge in [0.25, 0.3) is 0 Å². The van der Waals surface area contributed by atoms with Crippen molar-refractivity contribution in [3.05, 3.63) is 59.2 Å². The summed E-state index contributed by atoms with van der Waals surface area (Å²) in [5, 5.41) is 4.13. The van der Waals surface area contributed by atoms with Gasteiger partial charge in [0, 0.05) is 18.9 Å². The second kappa shape index (κ2) is 7.37. The number of sulfonamides is 1. The number of nitrogens with zero attached hydrogens (tertiary/aromatic N) is 1. The van der Waals surface area contributed by atoms with Crippen LogP contribution < -0.4 is 14.9 Å². The smallest absolute Gasteiger partial charge is 0.240 e. The van der Waals surface area contributed by atoms with Crippen molar-refractivity contribution in [2.45, 2.75) is 36.6 Å². The van der Waals surface area contributed by atoms with Crippen LogP contribution in [-0.4, -0.2) is 33.2 Å². The maximum atomic E-state index is 12.7. The van der Waals surface area contributed by atoms with E-state index in [4.69, 9.17) is 4.74 Å². The molecule has 0 saturated carbocycles.